The number of nitrogens with zero attached hydrogens (tertiary/aromatic N) is 2. The third-order valence-corrected chi connectivity index (χ3v) is 4.66. The Bertz CT molecular complexity index is 1010. The Labute approximate surface area is 149 Å². The topological polar surface area (TPSA) is 101 Å². The molecular formula is C19H18N4O3. The Morgan fingerprint density at radius 3 is 2.88 bits per heavy atom. The summed E-state index contributed by atoms with van der Waals surface area (Å²) in [4.78, 5) is 33.8. The van der Waals surface area contributed by atoms with Crippen molar-refractivity contribution >= 4 is 28.6 Å². The summed E-state index contributed by atoms with van der Waals surface area (Å²) in [5.41, 5.74) is 9.44. The van der Waals surface area contributed by atoms with Crippen molar-refractivity contribution < 1.29 is 14.3 Å². The van der Waals surface area contributed by atoms with Crippen molar-refractivity contribution in [2.75, 3.05) is 18.6 Å². The fourth-order valence-electron chi connectivity index (χ4n) is 3.44. The zero-order valence-electron chi connectivity index (χ0n) is 14.2. The molecule has 1 atom stereocenters. The second kappa shape index (κ2) is 6.27. The second-order valence-corrected chi connectivity index (χ2v) is 6.16. The zero-order valence-corrected chi connectivity index (χ0v) is 14.2. The molecule has 3 N–H and O–H groups in total. The molecule has 132 valence electrons. The summed E-state index contributed by atoms with van der Waals surface area (Å²) in [7, 11) is 1.34. The van der Waals surface area contributed by atoms with Crippen LogP contribution in [0.15, 0.2) is 42.5 Å². The van der Waals surface area contributed by atoms with Crippen LogP contribution in [0.5, 0.6) is 0 Å². The van der Waals surface area contributed by atoms with E-state index in [0.717, 1.165) is 16.8 Å². The number of hydrogen-bond acceptors (Lipinski definition) is 5. The molecule has 0 radical (unpaired) electrons. The number of aromatic nitrogens is 2. The van der Waals surface area contributed by atoms with Gasteiger partial charge in [0.25, 0.3) is 0 Å². The highest BCUT2D eigenvalue weighted by Gasteiger charge is 2.35. The summed E-state index contributed by atoms with van der Waals surface area (Å²) in [6.07, 6.45) is 0.658. The second-order valence-electron chi connectivity index (χ2n) is 6.16. The summed E-state index contributed by atoms with van der Waals surface area (Å²) in [6.45, 7) is -0.0719. The normalized spacial score (nSPS) is 15.9. The fraction of sp³-hybridized carbons (Fsp3) is 0.211. The molecule has 0 bridgehead atoms. The number of hydrogen-bond donors (Lipinski definition) is 2. The SMILES string of the molecule is COC(=O)c1ccc2[nH]c(C3Cc4ccccc4N3C(=O)CN)nc2c1. The van der Waals surface area contributed by atoms with Crippen LogP contribution in [0.25, 0.3) is 11.0 Å². The van der Waals surface area contributed by atoms with E-state index in [1.165, 1.54) is 7.11 Å². The van der Waals surface area contributed by atoms with Gasteiger partial charge in [-0.1, -0.05) is 18.2 Å². The first kappa shape index (κ1) is 16.3. The van der Waals surface area contributed by atoms with Gasteiger partial charge in [-0.15, -0.1) is 0 Å². The molecule has 0 spiro atoms. The number of ether oxygens (including phenoxy) is 1. The van der Waals surface area contributed by atoms with Crippen molar-refractivity contribution in [3.63, 3.8) is 0 Å². The van der Waals surface area contributed by atoms with E-state index in [0.29, 0.717) is 23.3 Å². The molecule has 1 aliphatic heterocycles. The maximum absolute atomic E-state index is 12.5. The highest BCUT2D eigenvalue weighted by Crippen LogP contribution is 2.39. The molecule has 1 unspecified atom stereocenters. The molecule has 1 aliphatic rings. The number of nitrogens with two attached hydrogens (primary N) is 1. The first-order valence-electron chi connectivity index (χ1n) is 8.30. The molecule has 2 aromatic carbocycles. The van der Waals surface area contributed by atoms with Crippen LogP contribution in [0.2, 0.25) is 0 Å². The molecule has 4 rings (SSSR count). The molecule has 1 amide bonds. The van der Waals surface area contributed by atoms with Gasteiger partial charge in [-0.2, -0.15) is 0 Å². The number of amides is 1. The van der Waals surface area contributed by atoms with E-state index < -0.39 is 5.97 Å². The molecule has 3 aromatic rings. The van der Waals surface area contributed by atoms with E-state index >= 15 is 0 Å². The number of carbonyl (C=O) groups is 2. The van der Waals surface area contributed by atoms with E-state index in [1.54, 1.807) is 23.1 Å². The van der Waals surface area contributed by atoms with E-state index in [2.05, 4.69) is 9.97 Å². The van der Waals surface area contributed by atoms with Crippen molar-refractivity contribution in [3.8, 4) is 0 Å². The quantitative estimate of drug-likeness (QED) is 0.703. The smallest absolute Gasteiger partial charge is 0.337 e. The van der Waals surface area contributed by atoms with Gasteiger partial charge in [0.05, 0.1) is 36.3 Å². The molecule has 0 fully saturated rings. The number of nitrogens with one attached hydrogen (secondary N) is 1. The van der Waals surface area contributed by atoms with Crippen LogP contribution in [-0.2, 0) is 16.0 Å². The number of para-hydroxylation sites is 1. The summed E-state index contributed by atoms with van der Waals surface area (Å²) in [5.74, 6) is 0.0975. The Kier molecular flexibility index (Phi) is 3.93. The Hall–Kier alpha value is -3.19. The summed E-state index contributed by atoms with van der Waals surface area (Å²) in [6, 6.07) is 12.7. The summed E-state index contributed by atoms with van der Waals surface area (Å²) in [5, 5.41) is 0. The highest BCUT2D eigenvalue weighted by molar-refractivity contribution is 5.98. The molecule has 0 saturated heterocycles. The van der Waals surface area contributed by atoms with Gasteiger partial charge in [0.1, 0.15) is 5.82 Å². The standard InChI is InChI=1S/C19H18N4O3/c1-26-19(25)12-6-7-13-14(8-12)22-18(21-13)16-9-11-4-2-3-5-15(11)23(16)17(24)10-20/h2-8,16H,9-10,20H2,1H3,(H,21,22). The van der Waals surface area contributed by atoms with Crippen molar-refractivity contribution in [2.45, 2.75) is 12.5 Å². The third kappa shape index (κ3) is 2.53. The van der Waals surface area contributed by atoms with Crippen LogP contribution in [0.3, 0.4) is 0 Å². The number of carbonyl (C=O) groups excluding carboxylic acids is 2. The van der Waals surface area contributed by atoms with Crippen molar-refractivity contribution in [1.29, 1.82) is 0 Å². The summed E-state index contributed by atoms with van der Waals surface area (Å²) < 4.78 is 4.75. The average Bonchev–Trinajstić information content (AvgIpc) is 3.27. The number of fused-ring (bicyclic) bond motifs is 2. The Morgan fingerprint density at radius 1 is 1.31 bits per heavy atom. The number of anilines is 1. The lowest BCUT2D eigenvalue weighted by Crippen LogP contribution is -2.37. The van der Waals surface area contributed by atoms with Crippen LogP contribution in [0, 0.1) is 0 Å². The maximum Gasteiger partial charge on any atom is 0.337 e. The minimum atomic E-state index is -0.412. The Balaban J connectivity index is 1.76. The molecule has 0 saturated carbocycles. The van der Waals surface area contributed by atoms with Crippen LogP contribution in [0.4, 0.5) is 5.69 Å². The molecule has 26 heavy (non-hydrogen) atoms. The number of benzene rings is 2. The maximum atomic E-state index is 12.5. The number of H-pyrrole nitrogens is 1. The molecule has 7 heteroatoms. The predicted octanol–water partition coefficient (Wildman–Crippen LogP) is 1.94. The molecule has 7 nitrogen and oxygen atoms in total. The highest BCUT2D eigenvalue weighted by atomic mass is 16.5. The monoisotopic (exact) mass is 350 g/mol. The van der Waals surface area contributed by atoms with Gasteiger partial charge in [-0.3, -0.25) is 4.79 Å². The fourth-order valence-corrected chi connectivity index (χ4v) is 3.44. The minimum Gasteiger partial charge on any atom is -0.465 e. The number of aromatic amines is 1. The molecule has 0 aliphatic carbocycles. The molecular weight excluding hydrogens is 332 g/mol. The number of rotatable bonds is 3. The lowest BCUT2D eigenvalue weighted by Gasteiger charge is -2.23. The average molecular weight is 350 g/mol. The van der Waals surface area contributed by atoms with Gasteiger partial charge in [0, 0.05) is 12.1 Å². The van der Waals surface area contributed by atoms with Crippen LogP contribution in [-0.4, -0.2) is 35.5 Å². The number of imidazole rings is 1. The first-order chi connectivity index (χ1) is 12.6. The third-order valence-electron chi connectivity index (χ3n) is 4.66. The van der Waals surface area contributed by atoms with Crippen LogP contribution < -0.4 is 10.6 Å². The van der Waals surface area contributed by atoms with E-state index in [9.17, 15) is 9.59 Å². The lowest BCUT2D eigenvalue weighted by molar-refractivity contribution is -0.117. The number of esters is 1. The molecule has 1 aromatic heterocycles. The van der Waals surface area contributed by atoms with Crippen molar-refractivity contribution in [1.82, 2.24) is 9.97 Å². The van der Waals surface area contributed by atoms with Gasteiger partial charge in [-0.05, 0) is 29.8 Å². The van der Waals surface area contributed by atoms with Gasteiger partial charge < -0.3 is 20.4 Å². The van der Waals surface area contributed by atoms with E-state index in [-0.39, 0.29) is 18.5 Å². The van der Waals surface area contributed by atoms with Gasteiger partial charge in [-0.25, -0.2) is 9.78 Å². The van der Waals surface area contributed by atoms with Gasteiger partial charge >= 0.3 is 5.97 Å². The van der Waals surface area contributed by atoms with Gasteiger partial charge in [0.15, 0.2) is 0 Å². The van der Waals surface area contributed by atoms with Crippen LogP contribution in [0.1, 0.15) is 27.8 Å². The van der Waals surface area contributed by atoms with Gasteiger partial charge in [0.2, 0.25) is 5.91 Å². The largest absolute Gasteiger partial charge is 0.465 e. The van der Waals surface area contributed by atoms with E-state index in [1.807, 2.05) is 24.3 Å². The zero-order chi connectivity index (χ0) is 18.3. The van der Waals surface area contributed by atoms with Crippen molar-refractivity contribution in [2.24, 2.45) is 5.73 Å². The van der Waals surface area contributed by atoms with Crippen LogP contribution >= 0.6 is 0 Å². The van der Waals surface area contributed by atoms with Crippen molar-refractivity contribution in [3.05, 3.63) is 59.4 Å². The minimum absolute atomic E-state index is 0.0719. The summed E-state index contributed by atoms with van der Waals surface area (Å²) >= 11 is 0. The van der Waals surface area contributed by atoms with E-state index in [4.69, 9.17) is 10.5 Å². The number of methoxy groups -OCH3 is 1. The Morgan fingerprint density at radius 2 is 2.12 bits per heavy atom. The molecule has 2 heterocycles. The first-order valence-corrected chi connectivity index (χ1v) is 8.30. The predicted molar refractivity (Wildman–Crippen MR) is 96.9 cm³/mol. The lowest BCUT2D eigenvalue weighted by atomic mass is 10.1.